The van der Waals surface area contributed by atoms with Crippen molar-refractivity contribution in [2.75, 3.05) is 0 Å². The Morgan fingerprint density at radius 2 is 1.60 bits per heavy atom. The number of benzene rings is 1. The summed E-state index contributed by atoms with van der Waals surface area (Å²) in [5, 5.41) is 6.26. The van der Waals surface area contributed by atoms with Crippen LogP contribution in [0.3, 0.4) is 0 Å². The average Bonchev–Trinajstić information content (AvgIpc) is 3.24. The first-order chi connectivity index (χ1) is 14.4. The molecule has 156 valence electrons. The van der Waals surface area contributed by atoms with Crippen LogP contribution in [0.5, 0.6) is 0 Å². The smallest absolute Gasteiger partial charge is 0.165 e. The highest BCUT2D eigenvalue weighted by molar-refractivity contribution is 5.89. The van der Waals surface area contributed by atoms with Gasteiger partial charge in [-0.05, 0) is 76.1 Å². The highest BCUT2D eigenvalue weighted by atomic mass is 15.3. The Morgan fingerprint density at radius 1 is 0.900 bits per heavy atom. The fraction of sp³-hybridized carbons (Fsp3) is 0.462. The summed E-state index contributed by atoms with van der Waals surface area (Å²) in [6, 6.07) is 7.31. The molecule has 3 heterocycles. The van der Waals surface area contributed by atoms with Gasteiger partial charge < -0.3 is 4.57 Å². The van der Waals surface area contributed by atoms with Crippen molar-refractivity contribution in [2.45, 2.75) is 73.3 Å². The molecule has 0 N–H and O–H groups in total. The van der Waals surface area contributed by atoms with E-state index in [1.54, 1.807) is 0 Å². The second kappa shape index (κ2) is 6.97. The first kappa shape index (κ1) is 19.3. The van der Waals surface area contributed by atoms with E-state index in [2.05, 4.69) is 75.0 Å². The summed E-state index contributed by atoms with van der Waals surface area (Å²) in [6.07, 6.45) is 7.49. The fourth-order valence-electron chi connectivity index (χ4n) is 5.77. The molecule has 4 aromatic rings. The van der Waals surface area contributed by atoms with Gasteiger partial charge in [-0.1, -0.05) is 37.5 Å². The van der Waals surface area contributed by atoms with Crippen LogP contribution < -0.4 is 0 Å². The van der Waals surface area contributed by atoms with Crippen molar-refractivity contribution in [1.29, 1.82) is 0 Å². The van der Waals surface area contributed by atoms with Gasteiger partial charge >= 0.3 is 0 Å². The van der Waals surface area contributed by atoms with Crippen molar-refractivity contribution in [2.24, 2.45) is 5.92 Å². The number of hydrogen-bond donors (Lipinski definition) is 0. The summed E-state index contributed by atoms with van der Waals surface area (Å²) in [5.74, 6) is 0.690. The number of aromatic nitrogens is 4. The van der Waals surface area contributed by atoms with Crippen LogP contribution in [0.1, 0.15) is 66.7 Å². The third-order valence-electron chi connectivity index (χ3n) is 7.14. The molecule has 3 aromatic heterocycles. The van der Waals surface area contributed by atoms with E-state index >= 15 is 0 Å². The number of nitrogens with zero attached hydrogens (tertiary/aromatic N) is 4. The third kappa shape index (κ3) is 2.80. The first-order valence-corrected chi connectivity index (χ1v) is 11.3. The normalized spacial score (nSPS) is 19.8. The fourth-order valence-corrected chi connectivity index (χ4v) is 5.77. The molecule has 1 aliphatic rings. The number of hydrogen-bond acceptors (Lipinski definition) is 2. The predicted octanol–water partition coefficient (Wildman–Crippen LogP) is 6.64. The number of aryl methyl sites for hydroxylation is 5. The average molecular weight is 401 g/mol. The lowest BCUT2D eigenvalue weighted by Gasteiger charge is -2.30. The molecular weight excluding hydrogens is 368 g/mol. The van der Waals surface area contributed by atoms with E-state index in [0.29, 0.717) is 12.0 Å². The Balaban J connectivity index is 1.83. The van der Waals surface area contributed by atoms with E-state index < -0.39 is 0 Å². The van der Waals surface area contributed by atoms with E-state index in [1.165, 1.54) is 64.5 Å². The van der Waals surface area contributed by atoms with Crippen LogP contribution in [0.25, 0.3) is 27.8 Å². The van der Waals surface area contributed by atoms with Gasteiger partial charge in [0.2, 0.25) is 0 Å². The molecule has 0 saturated heterocycles. The van der Waals surface area contributed by atoms with Gasteiger partial charge in [0, 0.05) is 17.6 Å². The minimum atomic E-state index is 0.539. The van der Waals surface area contributed by atoms with E-state index in [-0.39, 0.29) is 0 Å². The molecule has 1 saturated carbocycles. The SMILES string of the molecule is Cc1cc(C)c(-c2c(C)nn3c2nc(C)c2ccn(C4CCCCC4C)c23)c(C)c1. The van der Waals surface area contributed by atoms with Crippen molar-refractivity contribution < 1.29 is 0 Å². The van der Waals surface area contributed by atoms with Crippen LogP contribution in [0.15, 0.2) is 24.4 Å². The second-order valence-electron chi connectivity index (χ2n) is 9.46. The molecule has 2 atom stereocenters. The van der Waals surface area contributed by atoms with Gasteiger partial charge in [-0.2, -0.15) is 9.61 Å². The molecule has 0 spiro atoms. The standard InChI is InChI=1S/C26H32N4/c1-15-13-17(3)23(18(4)14-15)24-20(6)28-30-25(24)27-19(5)21-11-12-29(26(21)30)22-10-8-7-9-16(22)2/h11-14,16,22H,7-10H2,1-6H3. The quantitative estimate of drug-likeness (QED) is 0.378. The number of fused-ring (bicyclic) bond motifs is 3. The zero-order valence-electron chi connectivity index (χ0n) is 19.1. The second-order valence-corrected chi connectivity index (χ2v) is 9.46. The molecule has 1 aromatic carbocycles. The van der Waals surface area contributed by atoms with Crippen LogP contribution in [0.4, 0.5) is 0 Å². The largest absolute Gasteiger partial charge is 0.329 e. The monoisotopic (exact) mass is 400 g/mol. The van der Waals surface area contributed by atoms with E-state index in [9.17, 15) is 0 Å². The number of rotatable bonds is 2. The molecule has 1 aliphatic carbocycles. The molecule has 0 aliphatic heterocycles. The van der Waals surface area contributed by atoms with Crippen LogP contribution in [-0.2, 0) is 0 Å². The maximum atomic E-state index is 5.07. The topological polar surface area (TPSA) is 35.1 Å². The molecule has 0 radical (unpaired) electrons. The van der Waals surface area contributed by atoms with Crippen LogP contribution in [0, 0.1) is 40.5 Å². The lowest BCUT2D eigenvalue weighted by atomic mass is 9.86. The highest BCUT2D eigenvalue weighted by Gasteiger charge is 2.27. The maximum absolute atomic E-state index is 5.07. The van der Waals surface area contributed by atoms with Crippen LogP contribution in [0.2, 0.25) is 0 Å². The summed E-state index contributed by atoms with van der Waals surface area (Å²) < 4.78 is 4.61. The maximum Gasteiger partial charge on any atom is 0.165 e. The van der Waals surface area contributed by atoms with Crippen molar-refractivity contribution in [3.05, 3.63) is 52.5 Å². The van der Waals surface area contributed by atoms with E-state index in [4.69, 9.17) is 10.1 Å². The van der Waals surface area contributed by atoms with Crippen molar-refractivity contribution >= 4 is 16.7 Å². The third-order valence-corrected chi connectivity index (χ3v) is 7.14. The van der Waals surface area contributed by atoms with Gasteiger partial charge in [0.15, 0.2) is 5.65 Å². The molecule has 0 bridgehead atoms. The van der Waals surface area contributed by atoms with Crippen molar-refractivity contribution in [1.82, 2.24) is 19.2 Å². The van der Waals surface area contributed by atoms with Crippen molar-refractivity contribution in [3.8, 4) is 11.1 Å². The Hall–Kier alpha value is -2.62. The Kier molecular flexibility index (Phi) is 4.49. The summed E-state index contributed by atoms with van der Waals surface area (Å²) in [6.45, 7) is 13.2. The van der Waals surface area contributed by atoms with Gasteiger partial charge in [-0.15, -0.1) is 0 Å². The molecule has 0 amide bonds. The minimum Gasteiger partial charge on any atom is -0.329 e. The van der Waals surface area contributed by atoms with Gasteiger partial charge in [-0.3, -0.25) is 0 Å². The summed E-state index contributed by atoms with van der Waals surface area (Å²) in [7, 11) is 0. The highest BCUT2D eigenvalue weighted by Crippen LogP contribution is 2.39. The summed E-state index contributed by atoms with van der Waals surface area (Å²) >= 11 is 0. The van der Waals surface area contributed by atoms with Crippen molar-refractivity contribution in [3.63, 3.8) is 0 Å². The van der Waals surface area contributed by atoms with E-state index in [0.717, 1.165) is 17.0 Å². The summed E-state index contributed by atoms with van der Waals surface area (Å²) in [5.41, 5.74) is 10.7. The lowest BCUT2D eigenvalue weighted by molar-refractivity contribution is 0.261. The summed E-state index contributed by atoms with van der Waals surface area (Å²) in [4.78, 5) is 5.07. The molecule has 2 unspecified atom stereocenters. The zero-order chi connectivity index (χ0) is 21.2. The Morgan fingerprint density at radius 3 is 2.30 bits per heavy atom. The van der Waals surface area contributed by atoms with Gasteiger partial charge in [-0.25, -0.2) is 4.98 Å². The minimum absolute atomic E-state index is 0.539. The van der Waals surface area contributed by atoms with Crippen LogP contribution in [-0.4, -0.2) is 19.2 Å². The zero-order valence-corrected chi connectivity index (χ0v) is 19.1. The van der Waals surface area contributed by atoms with E-state index in [1.807, 2.05) is 0 Å². The Bertz CT molecular complexity index is 1250. The molecule has 5 rings (SSSR count). The van der Waals surface area contributed by atoms with Crippen LogP contribution >= 0.6 is 0 Å². The molecule has 30 heavy (non-hydrogen) atoms. The van der Waals surface area contributed by atoms with Gasteiger partial charge in [0.05, 0.1) is 17.0 Å². The molecule has 1 fully saturated rings. The predicted molar refractivity (Wildman–Crippen MR) is 124 cm³/mol. The van der Waals surface area contributed by atoms with Gasteiger partial charge in [0.25, 0.3) is 0 Å². The first-order valence-electron chi connectivity index (χ1n) is 11.3. The molecular formula is C26H32N4. The molecule has 4 heteroatoms. The Labute approximate surface area is 178 Å². The lowest BCUT2D eigenvalue weighted by Crippen LogP contribution is -2.21. The molecule has 4 nitrogen and oxygen atoms in total. The van der Waals surface area contributed by atoms with Gasteiger partial charge in [0.1, 0.15) is 5.65 Å².